The Morgan fingerprint density at radius 3 is 2.52 bits per heavy atom. The van der Waals surface area contributed by atoms with Crippen LogP contribution >= 0.6 is 11.6 Å². The molecule has 0 aliphatic heterocycles. The second-order valence-electron chi connectivity index (χ2n) is 4.53. The minimum atomic E-state index is -0.476. The minimum Gasteiger partial charge on any atom is -0.496 e. The molecule has 0 fully saturated rings. The Hall–Kier alpha value is -2.79. The van der Waals surface area contributed by atoms with Crippen molar-refractivity contribution in [3.05, 3.63) is 70.8 Å². The highest BCUT2D eigenvalue weighted by atomic mass is 35.5. The molecule has 0 saturated heterocycles. The standard InChI is InChI=1S/C17H15ClN2O3/c1-23-15-9-8-14(18)11-13(15)7-10-16(21)19-20-17(22)12-5-3-2-4-6-12/h2-11H,1H3,(H,19,21)(H,20,22)/b10-7+. The zero-order chi connectivity index (χ0) is 16.7. The maximum Gasteiger partial charge on any atom is 0.269 e. The number of hydrazine groups is 1. The van der Waals surface area contributed by atoms with Crippen molar-refractivity contribution in [2.24, 2.45) is 0 Å². The lowest BCUT2D eigenvalue weighted by Crippen LogP contribution is -2.40. The van der Waals surface area contributed by atoms with Gasteiger partial charge in [-0.1, -0.05) is 29.8 Å². The smallest absolute Gasteiger partial charge is 0.269 e. The Labute approximate surface area is 138 Å². The first kappa shape index (κ1) is 16.6. The van der Waals surface area contributed by atoms with Gasteiger partial charge in [0, 0.05) is 22.2 Å². The second kappa shape index (κ2) is 8.00. The fourth-order valence-corrected chi connectivity index (χ4v) is 2.00. The van der Waals surface area contributed by atoms with Gasteiger partial charge in [0.05, 0.1) is 7.11 Å². The van der Waals surface area contributed by atoms with Crippen LogP contribution < -0.4 is 15.6 Å². The quantitative estimate of drug-likeness (QED) is 0.669. The summed E-state index contributed by atoms with van der Waals surface area (Å²) >= 11 is 5.91. The number of hydrogen-bond acceptors (Lipinski definition) is 3. The van der Waals surface area contributed by atoms with E-state index in [1.54, 1.807) is 54.6 Å². The van der Waals surface area contributed by atoms with E-state index in [4.69, 9.17) is 16.3 Å². The van der Waals surface area contributed by atoms with Crippen LogP contribution in [0.5, 0.6) is 5.75 Å². The largest absolute Gasteiger partial charge is 0.496 e. The molecule has 5 nitrogen and oxygen atoms in total. The third-order valence-electron chi connectivity index (χ3n) is 2.94. The first-order valence-corrected chi connectivity index (χ1v) is 7.15. The summed E-state index contributed by atoms with van der Waals surface area (Å²) in [5, 5.41) is 0.531. The summed E-state index contributed by atoms with van der Waals surface area (Å²) in [7, 11) is 1.53. The number of benzene rings is 2. The van der Waals surface area contributed by atoms with Crippen molar-refractivity contribution >= 4 is 29.5 Å². The highest BCUT2D eigenvalue weighted by Gasteiger charge is 2.05. The summed E-state index contributed by atoms with van der Waals surface area (Å²) in [5.41, 5.74) is 5.74. The van der Waals surface area contributed by atoms with Gasteiger partial charge >= 0.3 is 0 Å². The molecule has 118 valence electrons. The summed E-state index contributed by atoms with van der Waals surface area (Å²) in [6.45, 7) is 0. The van der Waals surface area contributed by atoms with Crippen LogP contribution in [0.4, 0.5) is 0 Å². The molecule has 2 N–H and O–H groups in total. The topological polar surface area (TPSA) is 67.4 Å². The van der Waals surface area contributed by atoms with Crippen LogP contribution in [0.1, 0.15) is 15.9 Å². The average Bonchev–Trinajstić information content (AvgIpc) is 2.58. The molecule has 2 rings (SSSR count). The predicted octanol–water partition coefficient (Wildman–Crippen LogP) is 2.82. The van der Waals surface area contributed by atoms with Crippen molar-refractivity contribution in [1.82, 2.24) is 10.9 Å². The number of halogens is 1. The maximum atomic E-state index is 11.8. The molecular weight excluding hydrogens is 316 g/mol. The SMILES string of the molecule is COc1ccc(Cl)cc1/C=C/C(=O)NNC(=O)c1ccccc1. The van der Waals surface area contributed by atoms with Crippen molar-refractivity contribution < 1.29 is 14.3 Å². The predicted molar refractivity (Wildman–Crippen MR) is 89.1 cm³/mol. The molecule has 0 aliphatic rings. The summed E-state index contributed by atoms with van der Waals surface area (Å²) in [6, 6.07) is 13.6. The number of rotatable bonds is 4. The van der Waals surface area contributed by atoms with E-state index in [1.807, 2.05) is 0 Å². The number of carbonyl (C=O) groups excluding carboxylic acids is 2. The Morgan fingerprint density at radius 2 is 1.83 bits per heavy atom. The van der Waals surface area contributed by atoms with Gasteiger partial charge in [0.25, 0.3) is 11.8 Å². The molecule has 2 aromatic carbocycles. The molecular formula is C17H15ClN2O3. The van der Waals surface area contributed by atoms with E-state index in [9.17, 15) is 9.59 Å². The number of amides is 2. The van der Waals surface area contributed by atoms with E-state index < -0.39 is 11.8 Å². The van der Waals surface area contributed by atoms with Crippen LogP contribution in [-0.2, 0) is 4.79 Å². The lowest BCUT2D eigenvalue weighted by molar-refractivity contribution is -0.117. The number of carbonyl (C=O) groups is 2. The van der Waals surface area contributed by atoms with Crippen molar-refractivity contribution in [3.8, 4) is 5.75 Å². The van der Waals surface area contributed by atoms with Gasteiger partial charge in [-0.25, -0.2) is 0 Å². The number of ether oxygens (including phenoxy) is 1. The van der Waals surface area contributed by atoms with Crippen LogP contribution in [0.3, 0.4) is 0 Å². The van der Waals surface area contributed by atoms with Crippen LogP contribution in [0.15, 0.2) is 54.6 Å². The zero-order valence-electron chi connectivity index (χ0n) is 12.4. The Morgan fingerprint density at radius 1 is 1.09 bits per heavy atom. The molecule has 2 aromatic rings. The van der Waals surface area contributed by atoms with Gasteiger partial charge in [0.1, 0.15) is 5.75 Å². The fourth-order valence-electron chi connectivity index (χ4n) is 1.82. The van der Waals surface area contributed by atoms with Crippen molar-refractivity contribution in [1.29, 1.82) is 0 Å². The first-order chi connectivity index (χ1) is 11.1. The molecule has 0 atom stereocenters. The normalized spacial score (nSPS) is 10.3. The van der Waals surface area contributed by atoms with Crippen LogP contribution in [0, 0.1) is 0 Å². The zero-order valence-corrected chi connectivity index (χ0v) is 13.1. The van der Waals surface area contributed by atoms with Crippen LogP contribution in [-0.4, -0.2) is 18.9 Å². The van der Waals surface area contributed by atoms with E-state index in [2.05, 4.69) is 10.9 Å². The van der Waals surface area contributed by atoms with Gasteiger partial charge < -0.3 is 4.74 Å². The molecule has 0 radical (unpaired) electrons. The van der Waals surface area contributed by atoms with E-state index in [-0.39, 0.29) is 0 Å². The molecule has 0 unspecified atom stereocenters. The molecule has 23 heavy (non-hydrogen) atoms. The summed E-state index contributed by atoms with van der Waals surface area (Å²) in [4.78, 5) is 23.5. The average molecular weight is 331 g/mol. The van der Waals surface area contributed by atoms with Gasteiger partial charge in [-0.15, -0.1) is 0 Å². The van der Waals surface area contributed by atoms with Crippen molar-refractivity contribution in [3.63, 3.8) is 0 Å². The highest BCUT2D eigenvalue weighted by Crippen LogP contribution is 2.23. The molecule has 0 aromatic heterocycles. The van der Waals surface area contributed by atoms with Crippen LogP contribution in [0.2, 0.25) is 5.02 Å². The molecule has 0 bridgehead atoms. The Balaban J connectivity index is 1.95. The van der Waals surface area contributed by atoms with Gasteiger partial charge in [-0.2, -0.15) is 0 Å². The van der Waals surface area contributed by atoms with E-state index in [0.717, 1.165) is 0 Å². The molecule has 0 aliphatic carbocycles. The maximum absolute atomic E-state index is 11.8. The fraction of sp³-hybridized carbons (Fsp3) is 0.0588. The van der Waals surface area contributed by atoms with E-state index in [0.29, 0.717) is 21.9 Å². The van der Waals surface area contributed by atoms with Crippen molar-refractivity contribution in [2.45, 2.75) is 0 Å². The van der Waals surface area contributed by atoms with Gasteiger partial charge in [-0.3, -0.25) is 20.4 Å². The number of nitrogens with one attached hydrogen (secondary N) is 2. The number of methoxy groups -OCH3 is 1. The summed E-state index contributed by atoms with van der Waals surface area (Å²) in [6.07, 6.45) is 2.83. The Kier molecular flexibility index (Phi) is 5.77. The molecule has 0 spiro atoms. The van der Waals surface area contributed by atoms with Gasteiger partial charge in [-0.05, 0) is 36.4 Å². The van der Waals surface area contributed by atoms with E-state index in [1.165, 1.54) is 13.2 Å². The van der Waals surface area contributed by atoms with Crippen LogP contribution in [0.25, 0.3) is 6.08 Å². The summed E-state index contributed by atoms with van der Waals surface area (Å²) in [5.74, 6) is -0.282. The number of hydrogen-bond donors (Lipinski definition) is 2. The van der Waals surface area contributed by atoms with Gasteiger partial charge in [0.15, 0.2) is 0 Å². The lowest BCUT2D eigenvalue weighted by atomic mass is 10.2. The first-order valence-electron chi connectivity index (χ1n) is 6.77. The molecule has 0 saturated carbocycles. The minimum absolute atomic E-state index is 0.396. The van der Waals surface area contributed by atoms with Gasteiger partial charge in [0.2, 0.25) is 0 Å². The highest BCUT2D eigenvalue weighted by molar-refractivity contribution is 6.30. The molecule has 2 amide bonds. The third kappa shape index (κ3) is 4.86. The molecule has 6 heteroatoms. The molecule has 0 heterocycles. The van der Waals surface area contributed by atoms with E-state index >= 15 is 0 Å². The monoisotopic (exact) mass is 330 g/mol. The second-order valence-corrected chi connectivity index (χ2v) is 4.97. The lowest BCUT2D eigenvalue weighted by Gasteiger charge is -2.06. The van der Waals surface area contributed by atoms with Crippen molar-refractivity contribution in [2.75, 3.05) is 7.11 Å². The Bertz CT molecular complexity index is 730. The summed E-state index contributed by atoms with van der Waals surface area (Å²) < 4.78 is 5.18. The third-order valence-corrected chi connectivity index (χ3v) is 3.18.